The van der Waals surface area contributed by atoms with Crippen LogP contribution < -0.4 is 10.2 Å². The molecule has 1 aromatic carbocycles. The first-order valence-electron chi connectivity index (χ1n) is 9.05. The summed E-state index contributed by atoms with van der Waals surface area (Å²) >= 11 is 3.17. The Hall–Kier alpha value is -2.17. The van der Waals surface area contributed by atoms with E-state index >= 15 is 0 Å². The number of hydrogen-bond donors (Lipinski definition) is 1. The van der Waals surface area contributed by atoms with Gasteiger partial charge in [0.15, 0.2) is 10.4 Å². The highest BCUT2D eigenvalue weighted by atomic mass is 79.9. The highest BCUT2D eigenvalue weighted by Gasteiger charge is 2.28. The monoisotopic (exact) mass is 483 g/mol. The number of benzene rings is 1. The van der Waals surface area contributed by atoms with Gasteiger partial charge in [-0.05, 0) is 53.0 Å². The molecule has 1 N–H and O–H groups in total. The molecule has 2 aromatic rings. The van der Waals surface area contributed by atoms with Crippen LogP contribution in [-0.4, -0.2) is 57.0 Å². The zero-order chi connectivity index (χ0) is 21.2. The predicted molar refractivity (Wildman–Crippen MR) is 112 cm³/mol. The number of furan rings is 1. The third-order valence-corrected chi connectivity index (χ3v) is 6.48. The van der Waals surface area contributed by atoms with Gasteiger partial charge in [0.1, 0.15) is 0 Å². The van der Waals surface area contributed by atoms with Crippen LogP contribution in [0.5, 0.6) is 0 Å². The SMILES string of the molecule is CN(C(=O)c1ccc(Br)o1)c1ccccc1C(=O)NC1CCCN(S(C)(=O)=O)C1. The summed E-state index contributed by atoms with van der Waals surface area (Å²) in [6.07, 6.45) is 2.53. The Kier molecular flexibility index (Phi) is 6.45. The van der Waals surface area contributed by atoms with Crippen molar-refractivity contribution in [2.45, 2.75) is 18.9 Å². The van der Waals surface area contributed by atoms with Crippen LogP contribution in [0.15, 0.2) is 45.5 Å². The molecule has 1 aromatic heterocycles. The Labute approximate surface area is 178 Å². The number of rotatable bonds is 5. The minimum atomic E-state index is -3.31. The van der Waals surface area contributed by atoms with Crippen LogP contribution in [0.25, 0.3) is 0 Å². The fraction of sp³-hybridized carbons (Fsp3) is 0.368. The highest BCUT2D eigenvalue weighted by Crippen LogP contribution is 2.23. The number of nitrogens with zero attached hydrogens (tertiary/aromatic N) is 2. The number of nitrogens with one attached hydrogen (secondary N) is 1. The topological polar surface area (TPSA) is 99.9 Å². The van der Waals surface area contributed by atoms with E-state index in [0.717, 1.165) is 0 Å². The second-order valence-corrected chi connectivity index (χ2v) is 9.68. The summed E-state index contributed by atoms with van der Waals surface area (Å²) in [5, 5.41) is 2.90. The molecule has 10 heteroatoms. The Morgan fingerprint density at radius 1 is 1.24 bits per heavy atom. The van der Waals surface area contributed by atoms with Gasteiger partial charge in [0.2, 0.25) is 10.0 Å². The van der Waals surface area contributed by atoms with Crippen LogP contribution in [0.1, 0.15) is 33.8 Å². The minimum Gasteiger partial charge on any atom is -0.444 e. The zero-order valence-corrected chi connectivity index (χ0v) is 18.5. The second-order valence-electron chi connectivity index (χ2n) is 6.92. The molecule has 1 fully saturated rings. The normalized spacial score (nSPS) is 17.7. The lowest BCUT2D eigenvalue weighted by Gasteiger charge is -2.31. The molecule has 3 rings (SSSR count). The molecule has 1 unspecified atom stereocenters. The summed E-state index contributed by atoms with van der Waals surface area (Å²) in [7, 11) is -1.74. The lowest BCUT2D eigenvalue weighted by molar-refractivity contribution is 0.0922. The van der Waals surface area contributed by atoms with Crippen molar-refractivity contribution in [1.82, 2.24) is 9.62 Å². The van der Waals surface area contributed by atoms with Gasteiger partial charge in [0, 0.05) is 26.2 Å². The number of para-hydroxylation sites is 1. The lowest BCUT2D eigenvalue weighted by atomic mass is 10.1. The summed E-state index contributed by atoms with van der Waals surface area (Å²) in [5.74, 6) is -0.608. The molecule has 29 heavy (non-hydrogen) atoms. The van der Waals surface area contributed by atoms with Gasteiger partial charge in [-0.2, -0.15) is 0 Å². The van der Waals surface area contributed by atoms with Gasteiger partial charge in [0.25, 0.3) is 11.8 Å². The molecule has 0 radical (unpaired) electrons. The van der Waals surface area contributed by atoms with Gasteiger partial charge in [-0.1, -0.05) is 12.1 Å². The molecule has 2 amide bonds. The van der Waals surface area contributed by atoms with E-state index in [1.807, 2.05) is 0 Å². The molecule has 2 heterocycles. The summed E-state index contributed by atoms with van der Waals surface area (Å²) in [6, 6.07) is 9.63. The summed E-state index contributed by atoms with van der Waals surface area (Å²) < 4.78 is 30.7. The number of anilines is 1. The standard InChI is InChI=1S/C19H22BrN3O5S/c1-22(19(25)16-9-10-17(20)28-16)15-8-4-3-7-14(15)18(24)21-13-6-5-11-23(12-13)29(2,26)27/h3-4,7-10,13H,5-6,11-12H2,1-2H3,(H,21,24). The number of hydrogen-bond acceptors (Lipinski definition) is 5. The third-order valence-electron chi connectivity index (χ3n) is 4.79. The van der Waals surface area contributed by atoms with Crippen molar-refractivity contribution in [2.24, 2.45) is 0 Å². The van der Waals surface area contributed by atoms with E-state index in [4.69, 9.17) is 4.42 Å². The van der Waals surface area contributed by atoms with Crippen LogP contribution in [0.2, 0.25) is 0 Å². The third kappa shape index (κ3) is 5.06. The first-order chi connectivity index (χ1) is 13.7. The number of sulfonamides is 1. The molecular weight excluding hydrogens is 462 g/mol. The average molecular weight is 484 g/mol. The van der Waals surface area contributed by atoms with Gasteiger partial charge in [0.05, 0.1) is 17.5 Å². The van der Waals surface area contributed by atoms with Crippen LogP contribution in [0.3, 0.4) is 0 Å². The fourth-order valence-electron chi connectivity index (χ4n) is 3.29. The number of piperidine rings is 1. The van der Waals surface area contributed by atoms with E-state index in [1.54, 1.807) is 43.4 Å². The van der Waals surface area contributed by atoms with E-state index < -0.39 is 15.9 Å². The number of halogens is 1. The Morgan fingerprint density at radius 2 is 1.97 bits per heavy atom. The van der Waals surface area contributed by atoms with Crippen molar-refractivity contribution in [1.29, 1.82) is 0 Å². The van der Waals surface area contributed by atoms with E-state index in [1.165, 1.54) is 15.5 Å². The molecule has 1 aliphatic rings. The number of carbonyl (C=O) groups excluding carboxylic acids is 2. The molecule has 1 saturated heterocycles. The van der Waals surface area contributed by atoms with Crippen molar-refractivity contribution >= 4 is 43.5 Å². The molecule has 0 aliphatic carbocycles. The number of amides is 2. The maximum atomic E-state index is 12.9. The van der Waals surface area contributed by atoms with Crippen LogP contribution in [0.4, 0.5) is 5.69 Å². The van der Waals surface area contributed by atoms with Gasteiger partial charge in [-0.15, -0.1) is 0 Å². The Balaban J connectivity index is 1.77. The van der Waals surface area contributed by atoms with Gasteiger partial charge >= 0.3 is 0 Å². The molecule has 1 aliphatic heterocycles. The largest absolute Gasteiger partial charge is 0.444 e. The van der Waals surface area contributed by atoms with Crippen LogP contribution >= 0.6 is 15.9 Å². The molecule has 0 bridgehead atoms. The first kappa shape index (κ1) is 21.5. The second kappa shape index (κ2) is 8.68. The first-order valence-corrected chi connectivity index (χ1v) is 11.7. The minimum absolute atomic E-state index is 0.144. The van der Waals surface area contributed by atoms with Crippen molar-refractivity contribution < 1.29 is 22.4 Å². The van der Waals surface area contributed by atoms with Gasteiger partial charge in [-0.3, -0.25) is 9.59 Å². The molecule has 156 valence electrons. The summed E-state index contributed by atoms with van der Waals surface area (Å²) in [4.78, 5) is 26.9. The van der Waals surface area contributed by atoms with Gasteiger partial charge < -0.3 is 14.6 Å². The van der Waals surface area contributed by atoms with Crippen LogP contribution in [0, 0.1) is 0 Å². The van der Waals surface area contributed by atoms with E-state index in [-0.39, 0.29) is 24.3 Å². The van der Waals surface area contributed by atoms with Crippen molar-refractivity contribution in [3.8, 4) is 0 Å². The predicted octanol–water partition coefficient (Wildman–Crippen LogP) is 2.47. The number of carbonyl (C=O) groups is 2. The lowest BCUT2D eigenvalue weighted by Crippen LogP contribution is -2.49. The quantitative estimate of drug-likeness (QED) is 0.703. The van der Waals surface area contributed by atoms with Crippen LogP contribution in [-0.2, 0) is 10.0 Å². The Bertz CT molecular complexity index is 1020. The van der Waals surface area contributed by atoms with Crippen molar-refractivity contribution in [3.63, 3.8) is 0 Å². The van der Waals surface area contributed by atoms with Crippen molar-refractivity contribution in [2.75, 3.05) is 31.3 Å². The molecule has 1 atom stereocenters. The Morgan fingerprint density at radius 3 is 2.62 bits per heavy atom. The maximum absolute atomic E-state index is 12.9. The smallest absolute Gasteiger partial charge is 0.293 e. The molecule has 0 spiro atoms. The summed E-state index contributed by atoms with van der Waals surface area (Å²) in [6.45, 7) is 0.694. The average Bonchev–Trinajstić information content (AvgIpc) is 3.12. The summed E-state index contributed by atoms with van der Waals surface area (Å²) in [5.41, 5.74) is 0.753. The maximum Gasteiger partial charge on any atom is 0.293 e. The van der Waals surface area contributed by atoms with Crippen molar-refractivity contribution in [3.05, 3.63) is 52.4 Å². The van der Waals surface area contributed by atoms with Gasteiger partial charge in [-0.25, -0.2) is 12.7 Å². The van der Waals surface area contributed by atoms with E-state index in [0.29, 0.717) is 35.3 Å². The fourth-order valence-corrected chi connectivity index (χ4v) is 4.50. The molecular formula is C19H22BrN3O5S. The zero-order valence-electron chi connectivity index (χ0n) is 16.1. The molecule has 8 nitrogen and oxygen atoms in total. The van der Waals surface area contributed by atoms with E-state index in [2.05, 4.69) is 21.2 Å². The van der Waals surface area contributed by atoms with E-state index in [9.17, 15) is 18.0 Å². The molecule has 0 saturated carbocycles. The highest BCUT2D eigenvalue weighted by molar-refractivity contribution is 9.10.